The largest absolute Gasteiger partial charge is 0.350 e. The van der Waals surface area contributed by atoms with Gasteiger partial charge in [-0.25, -0.2) is 8.96 Å². The van der Waals surface area contributed by atoms with Gasteiger partial charge in [0.25, 0.3) is 13.3 Å². The van der Waals surface area contributed by atoms with Gasteiger partial charge < -0.3 is 14.8 Å². The zero-order valence-corrected chi connectivity index (χ0v) is 20.0. The van der Waals surface area contributed by atoms with Crippen molar-refractivity contribution in [2.45, 2.75) is 13.5 Å². The molecule has 6 nitrogen and oxygen atoms in total. The number of H-pyrrole nitrogens is 1. The normalized spacial score (nSPS) is 13.1. The van der Waals surface area contributed by atoms with Gasteiger partial charge in [0.1, 0.15) is 18.6 Å². The summed E-state index contributed by atoms with van der Waals surface area (Å²) in [5.41, 5.74) is 2.14. The standard InChI is InChI=1S/C24H22ClFN3O3P/c1-15-10-18(26)13-19(11-15)33(31,32-3)23-20-12-17(25)4-5-21(20)28-22(23)24(30)27-14-16-6-8-29(2)9-7-16/h4-13H,14H2,1-3H3,(H-,27,28,30,31)/p+1. The van der Waals surface area contributed by atoms with Gasteiger partial charge in [0, 0.05) is 47.0 Å². The first-order chi connectivity index (χ1) is 15.7. The number of nitrogens with zero attached hydrogens (tertiary/aromatic N) is 1. The van der Waals surface area contributed by atoms with E-state index >= 15 is 0 Å². The number of carbonyl (C=O) groups excluding carboxylic acids is 1. The maximum atomic E-state index is 14.3. The predicted octanol–water partition coefficient (Wildman–Crippen LogP) is 3.90. The first-order valence-electron chi connectivity index (χ1n) is 10.2. The molecule has 9 heteroatoms. The summed E-state index contributed by atoms with van der Waals surface area (Å²) in [6.45, 7) is 1.97. The first kappa shape index (κ1) is 23.2. The van der Waals surface area contributed by atoms with Crippen LogP contribution in [0.5, 0.6) is 0 Å². The fourth-order valence-electron chi connectivity index (χ4n) is 3.75. The van der Waals surface area contributed by atoms with Gasteiger partial charge in [-0.05, 0) is 54.4 Å². The molecule has 0 aliphatic rings. The molecule has 0 saturated carbocycles. The second-order valence-electron chi connectivity index (χ2n) is 7.81. The number of pyridine rings is 1. The Bertz CT molecular complexity index is 1380. The van der Waals surface area contributed by atoms with E-state index < -0.39 is 19.1 Å². The van der Waals surface area contributed by atoms with Crippen LogP contribution < -0.4 is 20.5 Å². The molecule has 2 N–H and O–H groups in total. The van der Waals surface area contributed by atoms with Crippen molar-refractivity contribution in [1.29, 1.82) is 0 Å². The number of benzene rings is 2. The highest BCUT2D eigenvalue weighted by Crippen LogP contribution is 2.47. The molecule has 0 radical (unpaired) electrons. The van der Waals surface area contributed by atoms with Crippen molar-refractivity contribution in [3.8, 4) is 0 Å². The highest BCUT2D eigenvalue weighted by atomic mass is 35.5. The van der Waals surface area contributed by atoms with Crippen LogP contribution in [0.2, 0.25) is 5.02 Å². The van der Waals surface area contributed by atoms with E-state index in [1.165, 1.54) is 19.2 Å². The summed E-state index contributed by atoms with van der Waals surface area (Å²) in [5.74, 6) is -1.00. The smallest absolute Gasteiger partial charge is 0.268 e. The third kappa shape index (κ3) is 4.58. The quantitative estimate of drug-likeness (QED) is 0.321. The zero-order chi connectivity index (χ0) is 23.8. The summed E-state index contributed by atoms with van der Waals surface area (Å²) in [6.07, 6.45) is 3.76. The Kier molecular flexibility index (Phi) is 6.39. The van der Waals surface area contributed by atoms with Crippen molar-refractivity contribution in [2.24, 2.45) is 7.05 Å². The molecule has 4 rings (SSSR count). The van der Waals surface area contributed by atoms with E-state index in [0.717, 1.165) is 5.56 Å². The number of hydrogen-bond donors (Lipinski definition) is 2. The summed E-state index contributed by atoms with van der Waals surface area (Å²) in [4.78, 5) is 16.3. The topological polar surface area (TPSA) is 75.1 Å². The minimum atomic E-state index is -3.86. The fraction of sp³-hybridized carbons (Fsp3) is 0.167. The van der Waals surface area contributed by atoms with Crippen molar-refractivity contribution in [2.75, 3.05) is 7.11 Å². The van der Waals surface area contributed by atoms with Crippen LogP contribution in [0.4, 0.5) is 4.39 Å². The van der Waals surface area contributed by atoms with Crippen LogP contribution in [0.15, 0.2) is 60.9 Å². The molecule has 170 valence electrons. The van der Waals surface area contributed by atoms with E-state index in [2.05, 4.69) is 10.3 Å². The third-order valence-corrected chi connectivity index (χ3v) is 8.12. The Balaban J connectivity index is 1.84. The van der Waals surface area contributed by atoms with Gasteiger partial charge in [-0.15, -0.1) is 0 Å². The van der Waals surface area contributed by atoms with Gasteiger partial charge in [0.15, 0.2) is 12.4 Å². The molecule has 2 aromatic heterocycles. The fourth-order valence-corrected chi connectivity index (χ4v) is 6.20. The summed E-state index contributed by atoms with van der Waals surface area (Å²) in [6, 6.07) is 12.9. The molecule has 0 bridgehead atoms. The van der Waals surface area contributed by atoms with Crippen molar-refractivity contribution < 1.29 is 22.8 Å². The Morgan fingerprint density at radius 1 is 1.18 bits per heavy atom. The first-order valence-corrected chi connectivity index (χ1v) is 12.2. The maximum absolute atomic E-state index is 14.3. The highest BCUT2D eigenvalue weighted by molar-refractivity contribution is 7.75. The Labute approximate surface area is 195 Å². The minimum absolute atomic E-state index is 0.0841. The molecule has 33 heavy (non-hydrogen) atoms. The lowest BCUT2D eigenvalue weighted by atomic mass is 10.2. The van der Waals surface area contributed by atoms with Crippen LogP contribution in [0.1, 0.15) is 21.6 Å². The zero-order valence-electron chi connectivity index (χ0n) is 18.4. The van der Waals surface area contributed by atoms with Gasteiger partial charge in [0.05, 0.1) is 5.30 Å². The molecule has 0 fully saturated rings. The number of aryl methyl sites for hydroxylation is 2. The molecule has 1 unspecified atom stereocenters. The maximum Gasteiger partial charge on any atom is 0.268 e. The number of aromatic nitrogens is 2. The molecule has 0 aliphatic carbocycles. The molecule has 2 heterocycles. The van der Waals surface area contributed by atoms with Crippen LogP contribution >= 0.6 is 19.0 Å². The summed E-state index contributed by atoms with van der Waals surface area (Å²) >= 11 is 6.22. The number of halogens is 2. The van der Waals surface area contributed by atoms with Crippen molar-refractivity contribution in [3.05, 3.63) is 88.6 Å². The number of fused-ring (bicyclic) bond motifs is 1. The van der Waals surface area contributed by atoms with Crippen molar-refractivity contribution >= 4 is 46.4 Å². The summed E-state index contributed by atoms with van der Waals surface area (Å²) in [5, 5.41) is 4.06. The summed E-state index contributed by atoms with van der Waals surface area (Å²) in [7, 11) is -0.673. The second kappa shape index (κ2) is 9.10. The predicted molar refractivity (Wildman–Crippen MR) is 127 cm³/mol. The molecular weight excluding hydrogens is 464 g/mol. The van der Waals surface area contributed by atoms with Gasteiger partial charge in [0.2, 0.25) is 0 Å². The van der Waals surface area contributed by atoms with Crippen LogP contribution in [0, 0.1) is 12.7 Å². The van der Waals surface area contributed by atoms with E-state index in [1.807, 2.05) is 36.1 Å². The molecule has 1 atom stereocenters. The van der Waals surface area contributed by atoms with Crippen LogP contribution in [0.25, 0.3) is 10.9 Å². The average molecular weight is 487 g/mol. The van der Waals surface area contributed by atoms with E-state index in [0.29, 0.717) is 21.5 Å². The molecule has 4 aromatic rings. The van der Waals surface area contributed by atoms with E-state index in [9.17, 15) is 13.8 Å². The number of amides is 1. The lowest BCUT2D eigenvalue weighted by Crippen LogP contribution is -2.31. The molecular formula is C24H23ClFN3O3P+. The highest BCUT2D eigenvalue weighted by Gasteiger charge is 2.36. The van der Waals surface area contributed by atoms with E-state index in [-0.39, 0.29) is 22.8 Å². The molecule has 2 aromatic carbocycles. The minimum Gasteiger partial charge on any atom is -0.350 e. The number of carbonyl (C=O) groups is 1. The number of aromatic amines is 1. The average Bonchev–Trinajstić information content (AvgIpc) is 3.16. The van der Waals surface area contributed by atoms with Gasteiger partial charge in [-0.2, -0.15) is 0 Å². The van der Waals surface area contributed by atoms with Gasteiger partial charge in [-0.1, -0.05) is 11.6 Å². The van der Waals surface area contributed by atoms with Crippen LogP contribution in [-0.4, -0.2) is 18.0 Å². The Morgan fingerprint density at radius 3 is 2.58 bits per heavy atom. The second-order valence-corrected chi connectivity index (χ2v) is 10.7. The molecule has 0 saturated heterocycles. The van der Waals surface area contributed by atoms with Crippen LogP contribution in [-0.2, 0) is 22.7 Å². The molecule has 1 amide bonds. The Hall–Kier alpha value is -2.99. The molecule has 0 aliphatic heterocycles. The molecule has 0 spiro atoms. The van der Waals surface area contributed by atoms with Crippen molar-refractivity contribution in [1.82, 2.24) is 10.3 Å². The lowest BCUT2D eigenvalue weighted by Gasteiger charge is -2.19. The monoisotopic (exact) mass is 486 g/mol. The number of hydrogen-bond acceptors (Lipinski definition) is 3. The van der Waals surface area contributed by atoms with Crippen LogP contribution in [0.3, 0.4) is 0 Å². The SMILES string of the molecule is COP(=O)(c1cc(C)cc(F)c1)c1c(C(=O)NCc2cc[n+](C)cc2)[nH]c2ccc(Cl)cc12. The van der Waals surface area contributed by atoms with E-state index in [4.69, 9.17) is 16.1 Å². The third-order valence-electron chi connectivity index (χ3n) is 5.38. The number of nitrogens with one attached hydrogen (secondary N) is 2. The van der Waals surface area contributed by atoms with E-state index in [1.54, 1.807) is 31.2 Å². The summed E-state index contributed by atoms with van der Waals surface area (Å²) < 4.78 is 35.9. The lowest BCUT2D eigenvalue weighted by molar-refractivity contribution is -0.671. The van der Waals surface area contributed by atoms with Gasteiger partial charge in [-0.3, -0.25) is 9.36 Å². The number of rotatable bonds is 6. The Morgan fingerprint density at radius 2 is 1.91 bits per heavy atom. The van der Waals surface area contributed by atoms with Gasteiger partial charge >= 0.3 is 0 Å². The van der Waals surface area contributed by atoms with Crippen molar-refractivity contribution in [3.63, 3.8) is 0 Å².